The first-order valence-electron chi connectivity index (χ1n) is 11.4. The van der Waals surface area contributed by atoms with Crippen LogP contribution in [0.25, 0.3) is 11.3 Å². The van der Waals surface area contributed by atoms with Crippen molar-refractivity contribution in [3.8, 4) is 22.8 Å². The van der Waals surface area contributed by atoms with Crippen LogP contribution in [-0.2, 0) is 11.2 Å². The fraction of sp³-hybridized carbons (Fsp3) is 0.520. The Labute approximate surface area is 201 Å². The number of hydrogen-bond acceptors (Lipinski definition) is 6. The van der Waals surface area contributed by atoms with Gasteiger partial charge in [0.25, 0.3) is 0 Å². The number of aryl methyl sites for hydroxylation is 1. The number of benzene rings is 1. The quantitative estimate of drug-likeness (QED) is 0.398. The first kappa shape index (κ1) is 26.7. The summed E-state index contributed by atoms with van der Waals surface area (Å²) in [5.41, 5.74) is 8.09. The van der Waals surface area contributed by atoms with E-state index in [1.165, 1.54) is 13.2 Å². The second-order valence-corrected chi connectivity index (χ2v) is 8.15. The third kappa shape index (κ3) is 6.09. The Morgan fingerprint density at radius 1 is 1.12 bits per heavy atom. The van der Waals surface area contributed by atoms with E-state index in [1.54, 1.807) is 13.3 Å². The highest BCUT2D eigenvalue weighted by molar-refractivity contribution is 5.89. The molecule has 1 unspecified atom stereocenters. The predicted octanol–water partition coefficient (Wildman–Crippen LogP) is 4.53. The lowest BCUT2D eigenvalue weighted by molar-refractivity contribution is 0.0598. The number of hydrogen-bond donors (Lipinski definition) is 1. The summed E-state index contributed by atoms with van der Waals surface area (Å²) in [7, 11) is 2.91. The maximum atomic E-state index is 12.7. The van der Waals surface area contributed by atoms with E-state index in [0.717, 1.165) is 74.1 Å². The maximum absolute atomic E-state index is 12.7. The SMILES string of the molecule is CCC1CCc2cc(OCCCCCCN)c(OC)cc2-c2cc(=O)c(C(=O)OC)cn21.Cl. The van der Waals surface area contributed by atoms with Crippen molar-refractivity contribution in [2.45, 2.75) is 57.9 Å². The van der Waals surface area contributed by atoms with Gasteiger partial charge in [0.1, 0.15) is 5.56 Å². The number of ether oxygens (including phenoxy) is 3. The topological polar surface area (TPSA) is 92.8 Å². The van der Waals surface area contributed by atoms with Crippen molar-refractivity contribution in [1.29, 1.82) is 0 Å². The van der Waals surface area contributed by atoms with Gasteiger partial charge in [-0.2, -0.15) is 0 Å². The smallest absolute Gasteiger partial charge is 0.343 e. The van der Waals surface area contributed by atoms with Crippen LogP contribution in [0.2, 0.25) is 0 Å². The molecular formula is C25H35ClN2O5. The van der Waals surface area contributed by atoms with Gasteiger partial charge in [-0.25, -0.2) is 4.79 Å². The molecule has 1 aromatic heterocycles. The molecule has 1 atom stereocenters. The number of halogens is 1. The van der Waals surface area contributed by atoms with Gasteiger partial charge < -0.3 is 24.5 Å². The minimum Gasteiger partial charge on any atom is -0.493 e. The number of methoxy groups -OCH3 is 2. The fourth-order valence-corrected chi connectivity index (χ4v) is 4.29. The fourth-order valence-electron chi connectivity index (χ4n) is 4.29. The van der Waals surface area contributed by atoms with E-state index in [2.05, 4.69) is 6.92 Å². The number of nitrogens with zero attached hydrogens (tertiary/aromatic N) is 1. The van der Waals surface area contributed by atoms with Crippen LogP contribution >= 0.6 is 12.4 Å². The third-order valence-electron chi connectivity index (χ3n) is 6.12. The van der Waals surface area contributed by atoms with Gasteiger partial charge in [-0.1, -0.05) is 19.8 Å². The minimum absolute atomic E-state index is 0. The Balaban J connectivity index is 0.00000385. The minimum atomic E-state index is -0.614. The highest BCUT2D eigenvalue weighted by Crippen LogP contribution is 2.40. The van der Waals surface area contributed by atoms with E-state index in [4.69, 9.17) is 19.9 Å². The Hall–Kier alpha value is -2.51. The standard InChI is InChI=1S/C25H34N2O5.ClH/c1-4-18-10-9-17-13-24(32-12-8-6-5-7-11-26)23(30-2)14-19(17)21-15-22(28)20(16-27(18)21)25(29)31-3;/h13-16,18H,4-12,26H2,1-3H3;1H. The van der Waals surface area contributed by atoms with Crippen LogP contribution in [0.5, 0.6) is 11.5 Å². The van der Waals surface area contributed by atoms with Crippen LogP contribution < -0.4 is 20.6 Å². The molecule has 0 fully saturated rings. The molecule has 2 heterocycles. The average molecular weight is 479 g/mol. The Morgan fingerprint density at radius 3 is 2.55 bits per heavy atom. The van der Waals surface area contributed by atoms with Gasteiger partial charge in [-0.3, -0.25) is 4.79 Å². The number of unbranched alkanes of at least 4 members (excludes halogenated alkanes) is 3. The molecule has 1 aliphatic heterocycles. The summed E-state index contributed by atoms with van der Waals surface area (Å²) < 4.78 is 18.5. The molecule has 182 valence electrons. The van der Waals surface area contributed by atoms with Crippen LogP contribution in [0.3, 0.4) is 0 Å². The first-order chi connectivity index (χ1) is 15.5. The van der Waals surface area contributed by atoms with E-state index >= 15 is 0 Å². The van der Waals surface area contributed by atoms with Crippen molar-refractivity contribution < 1.29 is 19.0 Å². The lowest BCUT2D eigenvalue weighted by Crippen LogP contribution is -2.21. The van der Waals surface area contributed by atoms with E-state index in [9.17, 15) is 9.59 Å². The number of esters is 1. The molecule has 2 N–H and O–H groups in total. The molecule has 1 aliphatic rings. The van der Waals surface area contributed by atoms with Crippen LogP contribution in [0.1, 0.15) is 67.4 Å². The van der Waals surface area contributed by atoms with Crippen molar-refractivity contribution in [2.24, 2.45) is 5.73 Å². The van der Waals surface area contributed by atoms with Crippen LogP contribution in [0.4, 0.5) is 0 Å². The molecule has 3 rings (SSSR count). The van der Waals surface area contributed by atoms with Crippen molar-refractivity contribution in [3.05, 3.63) is 45.7 Å². The van der Waals surface area contributed by atoms with Crippen molar-refractivity contribution in [3.63, 3.8) is 0 Å². The van der Waals surface area contributed by atoms with Gasteiger partial charge in [-0.15, -0.1) is 12.4 Å². The van der Waals surface area contributed by atoms with Gasteiger partial charge >= 0.3 is 5.97 Å². The number of carbonyl (C=O) groups is 1. The van der Waals surface area contributed by atoms with Crippen molar-refractivity contribution in [1.82, 2.24) is 4.57 Å². The normalized spacial score (nSPS) is 14.4. The number of rotatable bonds is 10. The number of aromatic nitrogens is 1. The summed E-state index contributed by atoms with van der Waals surface area (Å²) in [5.74, 6) is 0.745. The van der Waals surface area contributed by atoms with Crippen LogP contribution in [0.15, 0.2) is 29.2 Å². The maximum Gasteiger partial charge on any atom is 0.343 e. The van der Waals surface area contributed by atoms with Crippen molar-refractivity contribution in [2.75, 3.05) is 27.4 Å². The Kier molecular flexibility index (Phi) is 10.3. The summed E-state index contributed by atoms with van der Waals surface area (Å²) in [4.78, 5) is 24.8. The highest BCUT2D eigenvalue weighted by Gasteiger charge is 2.25. The second-order valence-electron chi connectivity index (χ2n) is 8.15. The number of carbonyl (C=O) groups excluding carboxylic acids is 1. The van der Waals surface area contributed by atoms with Gasteiger partial charge in [0, 0.05) is 23.9 Å². The number of pyridine rings is 1. The summed E-state index contributed by atoms with van der Waals surface area (Å²) in [6, 6.07) is 5.69. The van der Waals surface area contributed by atoms with Crippen LogP contribution in [0, 0.1) is 0 Å². The monoisotopic (exact) mass is 478 g/mol. The molecule has 0 bridgehead atoms. The predicted molar refractivity (Wildman–Crippen MR) is 132 cm³/mol. The number of nitrogens with two attached hydrogens (primary N) is 1. The van der Waals surface area contributed by atoms with E-state index in [-0.39, 0.29) is 29.4 Å². The molecule has 8 heteroatoms. The summed E-state index contributed by atoms with van der Waals surface area (Å²) in [6.07, 6.45) is 8.46. The zero-order valence-electron chi connectivity index (χ0n) is 19.7. The Morgan fingerprint density at radius 2 is 1.88 bits per heavy atom. The summed E-state index contributed by atoms with van der Waals surface area (Å²) in [5, 5.41) is 0. The van der Waals surface area contributed by atoms with Gasteiger partial charge in [-0.05, 0) is 56.3 Å². The lowest BCUT2D eigenvalue weighted by Gasteiger charge is -2.21. The first-order valence-corrected chi connectivity index (χ1v) is 11.4. The zero-order chi connectivity index (χ0) is 23.1. The second kappa shape index (κ2) is 12.7. The molecule has 0 spiro atoms. The van der Waals surface area contributed by atoms with Crippen molar-refractivity contribution >= 4 is 18.4 Å². The average Bonchev–Trinajstić information content (AvgIpc) is 2.95. The van der Waals surface area contributed by atoms with Crippen LogP contribution in [-0.4, -0.2) is 37.9 Å². The summed E-state index contributed by atoms with van der Waals surface area (Å²) in [6.45, 7) is 3.46. The molecule has 0 radical (unpaired) electrons. The van der Waals surface area contributed by atoms with E-state index < -0.39 is 5.97 Å². The molecule has 2 aromatic rings. The number of fused-ring (bicyclic) bond motifs is 3. The summed E-state index contributed by atoms with van der Waals surface area (Å²) >= 11 is 0. The molecule has 0 saturated heterocycles. The highest BCUT2D eigenvalue weighted by atomic mass is 35.5. The van der Waals surface area contributed by atoms with E-state index in [0.29, 0.717) is 12.4 Å². The molecular weight excluding hydrogens is 444 g/mol. The molecule has 0 aliphatic carbocycles. The zero-order valence-corrected chi connectivity index (χ0v) is 20.5. The molecule has 0 amide bonds. The van der Waals surface area contributed by atoms with Gasteiger partial charge in [0.15, 0.2) is 16.9 Å². The van der Waals surface area contributed by atoms with Gasteiger partial charge in [0.05, 0.1) is 26.5 Å². The largest absolute Gasteiger partial charge is 0.493 e. The van der Waals surface area contributed by atoms with E-state index in [1.807, 2.05) is 16.7 Å². The molecule has 33 heavy (non-hydrogen) atoms. The molecule has 7 nitrogen and oxygen atoms in total. The molecule has 1 aromatic carbocycles. The third-order valence-corrected chi connectivity index (χ3v) is 6.12. The lowest BCUT2D eigenvalue weighted by atomic mass is 9.99. The Bertz CT molecular complexity index is 1010. The van der Waals surface area contributed by atoms with Gasteiger partial charge in [0.2, 0.25) is 0 Å². The molecule has 0 saturated carbocycles.